The molecule has 1 fully saturated rings. The second-order valence-electron chi connectivity index (χ2n) is 8.16. The van der Waals surface area contributed by atoms with Crippen LogP contribution in [0.2, 0.25) is 0 Å². The van der Waals surface area contributed by atoms with Crippen LogP contribution in [0.25, 0.3) is 0 Å². The molecule has 3 aromatic rings. The molecule has 3 aromatic carbocycles. The number of nitrogens with one attached hydrogen (secondary N) is 3. The van der Waals surface area contributed by atoms with Crippen molar-refractivity contribution in [2.24, 2.45) is 0 Å². The molecule has 0 unspecified atom stereocenters. The number of likely N-dealkylation sites (tertiary alicyclic amines) is 1. The van der Waals surface area contributed by atoms with E-state index in [1.807, 2.05) is 47.4 Å². The molecule has 174 valence electrons. The molecular weight excluding hydrogens is 428 g/mol. The lowest BCUT2D eigenvalue weighted by Gasteiger charge is -2.18. The van der Waals surface area contributed by atoms with E-state index in [1.54, 1.807) is 36.4 Å². The molecule has 0 aromatic heterocycles. The van der Waals surface area contributed by atoms with Gasteiger partial charge in [0.15, 0.2) is 0 Å². The summed E-state index contributed by atoms with van der Waals surface area (Å²) in [5.41, 5.74) is 2.97. The molecule has 3 N–H and O–H groups in total. The number of hydrogen-bond donors (Lipinski definition) is 3. The SMILES string of the molecule is O=C(CNc1ccccc1C(=O)N1CCCC1)Nc1ccccc1C(=O)NCc1ccccc1. The average Bonchev–Trinajstić information content (AvgIpc) is 3.42. The first-order chi connectivity index (χ1) is 16.6. The lowest BCUT2D eigenvalue weighted by Crippen LogP contribution is -2.29. The third-order valence-corrected chi connectivity index (χ3v) is 5.73. The summed E-state index contributed by atoms with van der Waals surface area (Å²) in [5, 5.41) is 8.76. The van der Waals surface area contributed by atoms with E-state index in [-0.39, 0.29) is 24.3 Å². The third kappa shape index (κ3) is 5.81. The maximum absolute atomic E-state index is 12.8. The molecule has 3 amide bonds. The molecule has 34 heavy (non-hydrogen) atoms. The van der Waals surface area contributed by atoms with E-state index in [4.69, 9.17) is 0 Å². The van der Waals surface area contributed by atoms with Gasteiger partial charge >= 0.3 is 0 Å². The molecule has 7 nitrogen and oxygen atoms in total. The second-order valence-corrected chi connectivity index (χ2v) is 8.16. The van der Waals surface area contributed by atoms with E-state index >= 15 is 0 Å². The van der Waals surface area contributed by atoms with Gasteiger partial charge in [0, 0.05) is 25.3 Å². The molecular formula is C27H28N4O3. The first kappa shape index (κ1) is 23.0. The zero-order chi connectivity index (χ0) is 23.8. The van der Waals surface area contributed by atoms with Crippen LogP contribution in [0.15, 0.2) is 78.9 Å². The Morgan fingerprint density at radius 3 is 2.09 bits per heavy atom. The summed E-state index contributed by atoms with van der Waals surface area (Å²) in [4.78, 5) is 40.1. The Balaban J connectivity index is 1.37. The summed E-state index contributed by atoms with van der Waals surface area (Å²) in [6.07, 6.45) is 2.03. The Hall–Kier alpha value is -4.13. The fourth-order valence-electron chi connectivity index (χ4n) is 3.95. The van der Waals surface area contributed by atoms with Crippen LogP contribution in [0.1, 0.15) is 39.1 Å². The van der Waals surface area contributed by atoms with E-state index in [9.17, 15) is 14.4 Å². The third-order valence-electron chi connectivity index (χ3n) is 5.73. The van der Waals surface area contributed by atoms with Crippen molar-refractivity contribution in [2.45, 2.75) is 19.4 Å². The van der Waals surface area contributed by atoms with Crippen LogP contribution in [0.3, 0.4) is 0 Å². The lowest BCUT2D eigenvalue weighted by molar-refractivity contribution is -0.114. The molecule has 0 saturated carbocycles. The summed E-state index contributed by atoms with van der Waals surface area (Å²) < 4.78 is 0. The fraction of sp³-hybridized carbons (Fsp3) is 0.222. The van der Waals surface area contributed by atoms with Crippen LogP contribution in [-0.4, -0.2) is 42.3 Å². The lowest BCUT2D eigenvalue weighted by atomic mass is 10.1. The molecule has 1 aliphatic rings. The Kier molecular flexibility index (Phi) is 7.55. The van der Waals surface area contributed by atoms with Crippen LogP contribution in [0, 0.1) is 0 Å². The van der Waals surface area contributed by atoms with Gasteiger partial charge in [-0.15, -0.1) is 0 Å². The highest BCUT2D eigenvalue weighted by Crippen LogP contribution is 2.20. The molecule has 1 aliphatic heterocycles. The van der Waals surface area contributed by atoms with Crippen molar-refractivity contribution in [3.63, 3.8) is 0 Å². The Bertz CT molecular complexity index is 1160. The van der Waals surface area contributed by atoms with Crippen molar-refractivity contribution in [3.8, 4) is 0 Å². The zero-order valence-corrected chi connectivity index (χ0v) is 18.9. The quantitative estimate of drug-likeness (QED) is 0.480. The highest BCUT2D eigenvalue weighted by Gasteiger charge is 2.22. The number of hydrogen-bond acceptors (Lipinski definition) is 4. The zero-order valence-electron chi connectivity index (χ0n) is 18.9. The standard InChI is InChI=1S/C27H28N4O3/c32-25(19-28-23-14-6-5-13-22(23)27(34)31-16-8-9-17-31)30-24-15-7-4-12-21(24)26(33)29-18-20-10-2-1-3-11-20/h1-7,10-15,28H,8-9,16-19H2,(H,29,33)(H,30,32). The van der Waals surface area contributed by atoms with Crippen molar-refractivity contribution in [3.05, 3.63) is 95.6 Å². The number of carbonyl (C=O) groups is 3. The van der Waals surface area contributed by atoms with E-state index in [2.05, 4.69) is 16.0 Å². The summed E-state index contributed by atoms with van der Waals surface area (Å²) in [6, 6.07) is 23.7. The van der Waals surface area contributed by atoms with Crippen molar-refractivity contribution < 1.29 is 14.4 Å². The normalized spacial score (nSPS) is 12.8. The minimum Gasteiger partial charge on any atom is -0.376 e. The van der Waals surface area contributed by atoms with Gasteiger partial charge in [-0.25, -0.2) is 0 Å². The van der Waals surface area contributed by atoms with Gasteiger partial charge in [0.1, 0.15) is 0 Å². The monoisotopic (exact) mass is 456 g/mol. The Labute approximate surface area is 199 Å². The number of nitrogens with zero attached hydrogens (tertiary/aromatic N) is 1. The minimum absolute atomic E-state index is 0.0264. The number of amides is 3. The van der Waals surface area contributed by atoms with E-state index in [1.165, 1.54) is 0 Å². The second kappa shape index (κ2) is 11.1. The van der Waals surface area contributed by atoms with Crippen molar-refractivity contribution in [1.29, 1.82) is 0 Å². The van der Waals surface area contributed by atoms with Crippen molar-refractivity contribution in [2.75, 3.05) is 30.3 Å². The van der Waals surface area contributed by atoms with Crippen LogP contribution < -0.4 is 16.0 Å². The smallest absolute Gasteiger partial charge is 0.255 e. The van der Waals surface area contributed by atoms with Gasteiger partial charge in [0.25, 0.3) is 11.8 Å². The predicted molar refractivity (Wildman–Crippen MR) is 133 cm³/mol. The van der Waals surface area contributed by atoms with Crippen LogP contribution in [0.5, 0.6) is 0 Å². The summed E-state index contributed by atoms with van der Waals surface area (Å²) in [7, 11) is 0. The summed E-state index contributed by atoms with van der Waals surface area (Å²) >= 11 is 0. The first-order valence-electron chi connectivity index (χ1n) is 11.4. The van der Waals surface area contributed by atoms with Gasteiger partial charge in [0.2, 0.25) is 5.91 Å². The van der Waals surface area contributed by atoms with Gasteiger partial charge in [-0.2, -0.15) is 0 Å². The highest BCUT2D eigenvalue weighted by atomic mass is 16.2. The van der Waals surface area contributed by atoms with Gasteiger partial charge in [-0.1, -0.05) is 54.6 Å². The number of benzene rings is 3. The molecule has 0 atom stereocenters. The van der Waals surface area contributed by atoms with Crippen LogP contribution in [-0.2, 0) is 11.3 Å². The molecule has 0 spiro atoms. The summed E-state index contributed by atoms with van der Waals surface area (Å²) in [5.74, 6) is -0.609. The van der Waals surface area contributed by atoms with Crippen LogP contribution in [0.4, 0.5) is 11.4 Å². The number of carbonyl (C=O) groups excluding carboxylic acids is 3. The fourth-order valence-corrected chi connectivity index (χ4v) is 3.95. The van der Waals surface area contributed by atoms with E-state index in [0.29, 0.717) is 29.0 Å². The van der Waals surface area contributed by atoms with E-state index < -0.39 is 0 Å². The van der Waals surface area contributed by atoms with Crippen molar-refractivity contribution in [1.82, 2.24) is 10.2 Å². The molecule has 1 heterocycles. The van der Waals surface area contributed by atoms with Gasteiger partial charge < -0.3 is 20.9 Å². The van der Waals surface area contributed by atoms with E-state index in [0.717, 1.165) is 31.5 Å². The number of rotatable bonds is 8. The molecule has 0 aliphatic carbocycles. The van der Waals surface area contributed by atoms with Gasteiger partial charge in [0.05, 0.1) is 23.4 Å². The van der Waals surface area contributed by atoms with Crippen LogP contribution >= 0.6 is 0 Å². The number of para-hydroxylation sites is 2. The molecule has 1 saturated heterocycles. The number of anilines is 2. The maximum Gasteiger partial charge on any atom is 0.255 e. The summed E-state index contributed by atoms with van der Waals surface area (Å²) in [6.45, 7) is 1.88. The first-order valence-corrected chi connectivity index (χ1v) is 11.4. The minimum atomic E-state index is -0.313. The molecule has 0 radical (unpaired) electrons. The van der Waals surface area contributed by atoms with Gasteiger partial charge in [-0.05, 0) is 42.7 Å². The van der Waals surface area contributed by atoms with Crippen molar-refractivity contribution >= 4 is 29.1 Å². The average molecular weight is 457 g/mol. The topological polar surface area (TPSA) is 90.5 Å². The molecule has 4 rings (SSSR count). The largest absolute Gasteiger partial charge is 0.376 e. The maximum atomic E-state index is 12.8. The molecule has 7 heteroatoms. The highest BCUT2D eigenvalue weighted by molar-refractivity contribution is 6.05. The Morgan fingerprint density at radius 1 is 0.735 bits per heavy atom. The predicted octanol–water partition coefficient (Wildman–Crippen LogP) is 3.90. The van der Waals surface area contributed by atoms with Gasteiger partial charge in [-0.3, -0.25) is 14.4 Å². The molecule has 0 bridgehead atoms. The Morgan fingerprint density at radius 2 is 1.35 bits per heavy atom.